The van der Waals surface area contributed by atoms with Gasteiger partial charge in [0.15, 0.2) is 0 Å². The summed E-state index contributed by atoms with van der Waals surface area (Å²) in [5, 5.41) is 3.83. The maximum atomic E-state index is 11.8. The molecular weight excluding hydrogens is 351 g/mol. The van der Waals surface area contributed by atoms with Gasteiger partial charge < -0.3 is 10.5 Å². The molecule has 2 aromatic rings. The predicted octanol–water partition coefficient (Wildman–Crippen LogP) is 3.01. The van der Waals surface area contributed by atoms with Crippen molar-refractivity contribution in [1.29, 1.82) is 0 Å². The van der Waals surface area contributed by atoms with Crippen LogP contribution in [-0.2, 0) is 14.4 Å². The second-order valence-electron chi connectivity index (χ2n) is 3.95. The Hall–Kier alpha value is -1.96. The Morgan fingerprint density at radius 2 is 1.77 bits per heavy atom. The molecule has 0 bridgehead atoms. The van der Waals surface area contributed by atoms with Crippen molar-refractivity contribution in [2.75, 3.05) is 0 Å². The molecule has 0 saturated heterocycles. The SMILES string of the molecule is N/C(=N/OS(=O)(=O)c1ccccc1)Oc1ccc(Cl)cc1Cl. The van der Waals surface area contributed by atoms with Gasteiger partial charge >= 0.3 is 16.1 Å². The summed E-state index contributed by atoms with van der Waals surface area (Å²) in [6.45, 7) is 0. The molecule has 2 aromatic carbocycles. The summed E-state index contributed by atoms with van der Waals surface area (Å²) in [6.07, 6.45) is 0. The summed E-state index contributed by atoms with van der Waals surface area (Å²) in [5.41, 5.74) is 5.44. The second-order valence-corrected chi connectivity index (χ2v) is 6.32. The topological polar surface area (TPSA) is 91.0 Å². The van der Waals surface area contributed by atoms with E-state index < -0.39 is 16.1 Å². The van der Waals surface area contributed by atoms with Gasteiger partial charge in [0.2, 0.25) is 0 Å². The van der Waals surface area contributed by atoms with Crippen LogP contribution in [-0.4, -0.2) is 14.4 Å². The molecule has 0 spiro atoms. The number of hydrogen-bond acceptors (Lipinski definition) is 5. The molecule has 0 aromatic heterocycles. The molecule has 0 aliphatic carbocycles. The van der Waals surface area contributed by atoms with Gasteiger partial charge in [-0.3, -0.25) is 4.28 Å². The Kier molecular flexibility index (Phi) is 5.12. The van der Waals surface area contributed by atoms with Gasteiger partial charge in [-0.05, 0) is 35.5 Å². The molecule has 9 heteroatoms. The molecule has 2 rings (SSSR count). The number of ether oxygens (including phenoxy) is 1. The van der Waals surface area contributed by atoms with Crippen molar-refractivity contribution in [2.24, 2.45) is 10.9 Å². The fourth-order valence-corrected chi connectivity index (χ4v) is 2.60. The maximum Gasteiger partial charge on any atom is 0.358 e. The smallest absolute Gasteiger partial charge is 0.358 e. The van der Waals surface area contributed by atoms with Crippen LogP contribution in [0, 0.1) is 0 Å². The van der Waals surface area contributed by atoms with Crippen LogP contribution >= 0.6 is 23.2 Å². The average Bonchev–Trinajstić information content (AvgIpc) is 2.49. The van der Waals surface area contributed by atoms with Gasteiger partial charge in [-0.25, -0.2) is 0 Å². The first kappa shape index (κ1) is 16.4. The highest BCUT2D eigenvalue weighted by atomic mass is 35.5. The van der Waals surface area contributed by atoms with Crippen LogP contribution in [0.4, 0.5) is 0 Å². The molecule has 0 aliphatic heterocycles. The highest BCUT2D eigenvalue weighted by Crippen LogP contribution is 2.27. The van der Waals surface area contributed by atoms with Crippen LogP contribution in [0.3, 0.4) is 0 Å². The van der Waals surface area contributed by atoms with Gasteiger partial charge in [0.1, 0.15) is 10.6 Å². The van der Waals surface area contributed by atoms with Crippen molar-refractivity contribution in [3.05, 3.63) is 58.6 Å². The predicted molar refractivity (Wildman–Crippen MR) is 83.4 cm³/mol. The first-order valence-electron chi connectivity index (χ1n) is 5.83. The van der Waals surface area contributed by atoms with E-state index >= 15 is 0 Å². The summed E-state index contributed by atoms with van der Waals surface area (Å²) in [6, 6.07) is 11.4. The van der Waals surface area contributed by atoms with E-state index in [9.17, 15) is 8.42 Å². The van der Waals surface area contributed by atoms with Gasteiger partial charge in [0, 0.05) is 5.02 Å². The van der Waals surface area contributed by atoms with Crippen LogP contribution in [0.1, 0.15) is 0 Å². The standard InChI is InChI=1S/C13H10Cl2N2O4S/c14-9-6-7-12(11(15)8-9)20-13(16)17-21-22(18,19)10-4-2-1-3-5-10/h1-8H,(H2,16,17). The van der Waals surface area contributed by atoms with Gasteiger partial charge in [0.25, 0.3) is 0 Å². The molecule has 0 heterocycles. The molecule has 0 atom stereocenters. The molecular formula is C13H10Cl2N2O4S. The zero-order chi connectivity index (χ0) is 16.2. The third-order valence-electron chi connectivity index (χ3n) is 2.37. The Bertz CT molecular complexity index is 795. The van der Waals surface area contributed by atoms with Gasteiger partial charge in [-0.1, -0.05) is 41.4 Å². The lowest BCUT2D eigenvalue weighted by Gasteiger charge is -2.06. The number of oxime groups is 1. The summed E-state index contributed by atoms with van der Waals surface area (Å²) >= 11 is 11.6. The fourth-order valence-electron chi connectivity index (χ4n) is 1.41. The lowest BCUT2D eigenvalue weighted by atomic mass is 10.3. The quantitative estimate of drug-likeness (QED) is 0.514. The van der Waals surface area contributed by atoms with Crippen molar-refractivity contribution in [3.8, 4) is 5.75 Å². The normalized spacial score (nSPS) is 12.0. The van der Waals surface area contributed by atoms with E-state index in [1.807, 2.05) is 0 Å². The maximum absolute atomic E-state index is 11.8. The minimum absolute atomic E-state index is 0.0592. The van der Waals surface area contributed by atoms with Crippen LogP contribution in [0.2, 0.25) is 10.0 Å². The summed E-state index contributed by atoms with van der Waals surface area (Å²) in [4.78, 5) is -0.0592. The van der Waals surface area contributed by atoms with Crippen molar-refractivity contribution in [2.45, 2.75) is 4.90 Å². The van der Waals surface area contributed by atoms with Crippen LogP contribution in [0.25, 0.3) is 0 Å². The van der Waals surface area contributed by atoms with E-state index in [4.69, 9.17) is 33.7 Å². The minimum Gasteiger partial charge on any atom is -0.422 e. The third-order valence-corrected chi connectivity index (χ3v) is 4.02. The molecule has 0 aliphatic rings. The average molecular weight is 361 g/mol. The summed E-state index contributed by atoms with van der Waals surface area (Å²) in [7, 11) is -4.07. The highest BCUT2D eigenvalue weighted by Gasteiger charge is 2.15. The van der Waals surface area contributed by atoms with E-state index in [2.05, 4.69) is 9.44 Å². The number of amidine groups is 1. The van der Waals surface area contributed by atoms with Gasteiger partial charge in [-0.2, -0.15) is 8.42 Å². The van der Waals surface area contributed by atoms with Crippen molar-refractivity contribution in [3.63, 3.8) is 0 Å². The molecule has 0 fully saturated rings. The van der Waals surface area contributed by atoms with Crippen LogP contribution < -0.4 is 10.5 Å². The Morgan fingerprint density at radius 1 is 1.09 bits per heavy atom. The molecule has 0 unspecified atom stereocenters. The number of nitrogens with zero attached hydrogens (tertiary/aromatic N) is 1. The lowest BCUT2D eigenvalue weighted by molar-refractivity contribution is 0.324. The van der Waals surface area contributed by atoms with Crippen LogP contribution in [0.5, 0.6) is 5.75 Å². The molecule has 0 saturated carbocycles. The third kappa shape index (κ3) is 4.27. The molecule has 0 radical (unpaired) electrons. The largest absolute Gasteiger partial charge is 0.422 e. The first-order chi connectivity index (χ1) is 10.4. The molecule has 22 heavy (non-hydrogen) atoms. The zero-order valence-corrected chi connectivity index (χ0v) is 13.3. The fraction of sp³-hybridized carbons (Fsp3) is 0. The number of nitrogens with two attached hydrogens (primary N) is 1. The zero-order valence-electron chi connectivity index (χ0n) is 10.9. The number of rotatable bonds is 4. The second kappa shape index (κ2) is 6.87. The summed E-state index contributed by atoms with van der Waals surface area (Å²) < 4.78 is 33.2. The first-order valence-corrected chi connectivity index (χ1v) is 8.00. The van der Waals surface area contributed by atoms with E-state index in [1.54, 1.807) is 18.2 Å². The number of hydrogen-bond donors (Lipinski definition) is 1. The highest BCUT2D eigenvalue weighted by molar-refractivity contribution is 7.86. The lowest BCUT2D eigenvalue weighted by Crippen LogP contribution is -2.21. The van der Waals surface area contributed by atoms with E-state index in [-0.39, 0.29) is 15.7 Å². The Labute approximate surface area is 137 Å². The van der Waals surface area contributed by atoms with Gasteiger partial charge in [0.05, 0.1) is 5.02 Å². The molecule has 116 valence electrons. The van der Waals surface area contributed by atoms with E-state index in [0.717, 1.165) is 0 Å². The molecule has 6 nitrogen and oxygen atoms in total. The minimum atomic E-state index is -4.07. The Morgan fingerprint density at radius 3 is 2.41 bits per heavy atom. The van der Waals surface area contributed by atoms with Gasteiger partial charge in [-0.15, -0.1) is 0 Å². The number of benzene rings is 2. The van der Waals surface area contributed by atoms with Crippen molar-refractivity contribution >= 4 is 39.3 Å². The Balaban J connectivity index is 2.10. The van der Waals surface area contributed by atoms with Crippen molar-refractivity contribution in [1.82, 2.24) is 0 Å². The van der Waals surface area contributed by atoms with Crippen LogP contribution in [0.15, 0.2) is 58.6 Å². The van der Waals surface area contributed by atoms with Crippen molar-refractivity contribution < 1.29 is 17.4 Å². The monoisotopic (exact) mass is 360 g/mol. The molecule has 2 N–H and O–H groups in total. The molecule has 0 amide bonds. The summed E-state index contributed by atoms with van der Waals surface area (Å²) in [5.74, 6) is 0.160. The van der Waals surface area contributed by atoms with E-state index in [0.29, 0.717) is 5.02 Å². The number of halogens is 2. The van der Waals surface area contributed by atoms with E-state index in [1.165, 1.54) is 30.3 Å².